The fraction of sp³-hybridized carbons (Fsp3) is 0.111. The molecular weight excluding hydrogens is 290 g/mol. The lowest BCUT2D eigenvalue weighted by molar-refractivity contribution is -0.121. The van der Waals surface area contributed by atoms with Crippen molar-refractivity contribution < 1.29 is 9.90 Å². The van der Waals surface area contributed by atoms with Gasteiger partial charge < -0.3 is 9.67 Å². The van der Waals surface area contributed by atoms with Crippen LogP contribution in [-0.4, -0.2) is 21.8 Å². The van der Waals surface area contributed by atoms with Crippen LogP contribution < -0.4 is 5.43 Å². The van der Waals surface area contributed by atoms with Crippen molar-refractivity contribution in [3.63, 3.8) is 0 Å². The fourth-order valence-electron chi connectivity index (χ4n) is 2.48. The molecule has 5 heteroatoms. The Morgan fingerprint density at radius 1 is 1.22 bits per heavy atom. The van der Waals surface area contributed by atoms with E-state index in [0.717, 1.165) is 22.2 Å². The molecule has 3 aromatic rings. The molecule has 0 aliphatic heterocycles. The van der Waals surface area contributed by atoms with E-state index >= 15 is 0 Å². The third-order valence-electron chi connectivity index (χ3n) is 3.62. The summed E-state index contributed by atoms with van der Waals surface area (Å²) in [5.41, 5.74) is 5.38. The first-order chi connectivity index (χ1) is 11.1. The molecule has 0 bridgehead atoms. The maximum Gasteiger partial charge on any atom is 0.259 e. The summed E-state index contributed by atoms with van der Waals surface area (Å²) < 4.78 is 1.96. The highest BCUT2D eigenvalue weighted by atomic mass is 16.3. The maximum atomic E-state index is 12.1. The molecule has 1 heterocycles. The van der Waals surface area contributed by atoms with Crippen LogP contribution in [-0.2, 0) is 11.3 Å². The van der Waals surface area contributed by atoms with Crippen LogP contribution in [0.1, 0.15) is 11.3 Å². The van der Waals surface area contributed by atoms with Gasteiger partial charge in [0.25, 0.3) is 5.91 Å². The second-order valence-electron chi connectivity index (χ2n) is 5.32. The molecule has 0 aliphatic rings. The molecule has 0 aliphatic carbocycles. The lowest BCUT2D eigenvalue weighted by Gasteiger charge is -2.06. The first kappa shape index (κ1) is 14.8. The maximum absolute atomic E-state index is 12.1. The number of aromatic nitrogens is 1. The average Bonchev–Trinajstić information content (AvgIpc) is 2.85. The number of amides is 1. The Morgan fingerprint density at radius 3 is 2.74 bits per heavy atom. The zero-order valence-corrected chi connectivity index (χ0v) is 12.7. The van der Waals surface area contributed by atoms with Gasteiger partial charge in [-0.1, -0.05) is 18.2 Å². The number of para-hydroxylation sites is 1. The largest absolute Gasteiger partial charge is 0.508 e. The number of nitrogens with one attached hydrogen (secondary N) is 1. The van der Waals surface area contributed by atoms with E-state index in [-0.39, 0.29) is 18.2 Å². The number of fused-ring (bicyclic) bond motifs is 1. The number of phenols is 1. The number of hydrogen-bond acceptors (Lipinski definition) is 3. The predicted molar refractivity (Wildman–Crippen MR) is 90.5 cm³/mol. The van der Waals surface area contributed by atoms with Crippen molar-refractivity contribution in [3.05, 3.63) is 65.9 Å². The van der Waals surface area contributed by atoms with Gasteiger partial charge in [-0.3, -0.25) is 4.79 Å². The number of benzene rings is 2. The third-order valence-corrected chi connectivity index (χ3v) is 3.62. The van der Waals surface area contributed by atoms with Crippen LogP contribution in [0.5, 0.6) is 5.75 Å². The number of aromatic hydroxyl groups is 1. The van der Waals surface area contributed by atoms with Gasteiger partial charge in [0.1, 0.15) is 12.3 Å². The molecule has 1 aromatic heterocycles. The van der Waals surface area contributed by atoms with Crippen molar-refractivity contribution >= 4 is 23.0 Å². The SMILES string of the molecule is Cc1cc2ccccc2n1CC(=O)NN=Cc1ccc(O)cc1. The Labute approximate surface area is 133 Å². The molecule has 23 heavy (non-hydrogen) atoms. The lowest BCUT2D eigenvalue weighted by Crippen LogP contribution is -2.23. The number of phenolic OH excluding ortho intramolecular Hbond substituents is 1. The summed E-state index contributed by atoms with van der Waals surface area (Å²) in [7, 11) is 0. The van der Waals surface area contributed by atoms with E-state index in [1.54, 1.807) is 24.3 Å². The highest BCUT2D eigenvalue weighted by molar-refractivity contribution is 5.85. The van der Waals surface area contributed by atoms with E-state index in [0.29, 0.717) is 0 Å². The van der Waals surface area contributed by atoms with Gasteiger partial charge in [-0.2, -0.15) is 5.10 Å². The molecule has 5 nitrogen and oxygen atoms in total. The number of aryl methyl sites for hydroxylation is 1. The summed E-state index contributed by atoms with van der Waals surface area (Å²) in [6, 6.07) is 16.6. The smallest absolute Gasteiger partial charge is 0.259 e. The Morgan fingerprint density at radius 2 is 1.96 bits per heavy atom. The van der Waals surface area contributed by atoms with E-state index in [1.165, 1.54) is 6.21 Å². The molecule has 0 atom stereocenters. The fourth-order valence-corrected chi connectivity index (χ4v) is 2.48. The second-order valence-corrected chi connectivity index (χ2v) is 5.32. The van der Waals surface area contributed by atoms with Gasteiger partial charge in [-0.25, -0.2) is 5.43 Å². The van der Waals surface area contributed by atoms with Gasteiger partial charge in [0.2, 0.25) is 0 Å². The molecule has 0 unspecified atom stereocenters. The van der Waals surface area contributed by atoms with E-state index < -0.39 is 0 Å². The van der Waals surface area contributed by atoms with Gasteiger partial charge >= 0.3 is 0 Å². The van der Waals surface area contributed by atoms with E-state index in [1.807, 2.05) is 35.8 Å². The Bertz CT molecular complexity index is 864. The van der Waals surface area contributed by atoms with Crippen LogP contribution in [0.3, 0.4) is 0 Å². The summed E-state index contributed by atoms with van der Waals surface area (Å²) in [4.78, 5) is 12.1. The van der Waals surface area contributed by atoms with Crippen LogP contribution >= 0.6 is 0 Å². The standard InChI is InChI=1S/C18H17N3O2/c1-13-10-15-4-2-3-5-17(15)21(13)12-18(23)20-19-11-14-6-8-16(22)9-7-14/h2-11,22H,12H2,1H3,(H,20,23). The molecule has 116 valence electrons. The van der Waals surface area contributed by atoms with Crippen LogP contribution in [0.15, 0.2) is 59.7 Å². The average molecular weight is 307 g/mol. The van der Waals surface area contributed by atoms with Crippen LogP contribution in [0.25, 0.3) is 10.9 Å². The zero-order chi connectivity index (χ0) is 16.2. The van der Waals surface area contributed by atoms with Gasteiger partial charge in [0, 0.05) is 11.2 Å². The Kier molecular flexibility index (Phi) is 4.10. The first-order valence-corrected chi connectivity index (χ1v) is 7.29. The highest BCUT2D eigenvalue weighted by Crippen LogP contribution is 2.18. The monoisotopic (exact) mass is 307 g/mol. The number of carbonyl (C=O) groups is 1. The number of carbonyl (C=O) groups excluding carboxylic acids is 1. The van der Waals surface area contributed by atoms with Gasteiger partial charge in [-0.05, 0) is 54.3 Å². The molecule has 0 saturated carbocycles. The van der Waals surface area contributed by atoms with Crippen LogP contribution in [0.4, 0.5) is 0 Å². The third kappa shape index (κ3) is 3.40. The molecule has 1 amide bonds. The number of nitrogens with zero attached hydrogens (tertiary/aromatic N) is 2. The van der Waals surface area contributed by atoms with Crippen molar-refractivity contribution in [3.8, 4) is 5.75 Å². The molecular formula is C18H17N3O2. The van der Waals surface area contributed by atoms with Crippen molar-refractivity contribution in [2.75, 3.05) is 0 Å². The quantitative estimate of drug-likeness (QED) is 0.575. The minimum Gasteiger partial charge on any atom is -0.508 e. The van der Waals surface area contributed by atoms with Gasteiger partial charge in [0.15, 0.2) is 0 Å². The topological polar surface area (TPSA) is 66.6 Å². The minimum atomic E-state index is -0.190. The second kappa shape index (κ2) is 6.36. The minimum absolute atomic E-state index is 0.190. The molecule has 0 saturated heterocycles. The van der Waals surface area contributed by atoms with Crippen molar-refractivity contribution in [1.82, 2.24) is 9.99 Å². The van der Waals surface area contributed by atoms with Crippen molar-refractivity contribution in [2.24, 2.45) is 5.10 Å². The zero-order valence-electron chi connectivity index (χ0n) is 12.7. The van der Waals surface area contributed by atoms with Crippen LogP contribution in [0, 0.1) is 6.92 Å². The van der Waals surface area contributed by atoms with Crippen molar-refractivity contribution in [2.45, 2.75) is 13.5 Å². The van der Waals surface area contributed by atoms with Crippen LogP contribution in [0.2, 0.25) is 0 Å². The molecule has 3 rings (SSSR count). The molecule has 0 radical (unpaired) electrons. The number of hydrazone groups is 1. The number of hydrogen-bond donors (Lipinski definition) is 2. The summed E-state index contributed by atoms with van der Waals surface area (Å²) >= 11 is 0. The summed E-state index contributed by atoms with van der Waals surface area (Å²) in [5, 5.41) is 14.3. The van der Waals surface area contributed by atoms with E-state index in [9.17, 15) is 9.90 Å². The predicted octanol–water partition coefficient (Wildman–Crippen LogP) is 2.81. The highest BCUT2D eigenvalue weighted by Gasteiger charge is 2.08. The normalized spacial score (nSPS) is 11.2. The first-order valence-electron chi connectivity index (χ1n) is 7.29. The summed E-state index contributed by atoms with van der Waals surface area (Å²) in [6.45, 7) is 2.19. The summed E-state index contributed by atoms with van der Waals surface area (Å²) in [6.07, 6.45) is 1.54. The summed E-state index contributed by atoms with van der Waals surface area (Å²) in [5.74, 6) is 0.00521. The number of rotatable bonds is 4. The molecule has 2 N–H and O–H groups in total. The van der Waals surface area contributed by atoms with Crippen molar-refractivity contribution in [1.29, 1.82) is 0 Å². The Balaban J connectivity index is 1.67. The van der Waals surface area contributed by atoms with Gasteiger partial charge in [0.05, 0.1) is 6.21 Å². The Hall–Kier alpha value is -3.08. The lowest BCUT2D eigenvalue weighted by atomic mass is 10.2. The van der Waals surface area contributed by atoms with E-state index in [2.05, 4.69) is 16.6 Å². The molecule has 0 fully saturated rings. The van der Waals surface area contributed by atoms with E-state index in [4.69, 9.17) is 0 Å². The molecule has 2 aromatic carbocycles. The molecule has 0 spiro atoms. The van der Waals surface area contributed by atoms with Gasteiger partial charge in [-0.15, -0.1) is 0 Å².